The highest BCUT2D eigenvalue weighted by Crippen LogP contribution is 2.30. The van der Waals surface area contributed by atoms with E-state index in [1.54, 1.807) is 0 Å². The Balaban J connectivity index is 1.74. The van der Waals surface area contributed by atoms with Crippen molar-refractivity contribution in [2.24, 2.45) is 0 Å². The Morgan fingerprint density at radius 1 is 1.15 bits per heavy atom. The summed E-state index contributed by atoms with van der Waals surface area (Å²) in [5.41, 5.74) is 5.61. The molecular formula is C16H23N3O. The molecular weight excluding hydrogens is 250 g/mol. The van der Waals surface area contributed by atoms with Crippen LogP contribution in [0, 0.1) is 13.8 Å². The van der Waals surface area contributed by atoms with Crippen LogP contribution in [-0.4, -0.2) is 43.7 Å². The lowest BCUT2D eigenvalue weighted by molar-refractivity contribution is 0.218. The lowest BCUT2D eigenvalue weighted by atomic mass is 9.95. The summed E-state index contributed by atoms with van der Waals surface area (Å²) in [6, 6.07) is 4.66. The topological polar surface area (TPSA) is 35.6 Å². The Morgan fingerprint density at radius 3 is 2.70 bits per heavy atom. The molecule has 0 spiro atoms. The highest BCUT2D eigenvalue weighted by molar-refractivity contribution is 5.76. The third-order valence-corrected chi connectivity index (χ3v) is 4.37. The highest BCUT2D eigenvalue weighted by Gasteiger charge is 2.22. The fourth-order valence-corrected chi connectivity index (χ4v) is 3.35. The van der Waals surface area contributed by atoms with E-state index in [2.05, 4.69) is 36.2 Å². The number of benzene rings is 1. The average molecular weight is 273 g/mol. The molecule has 0 atom stereocenters. The Morgan fingerprint density at radius 2 is 1.95 bits per heavy atom. The van der Waals surface area contributed by atoms with Gasteiger partial charge in [-0.25, -0.2) is 4.79 Å². The van der Waals surface area contributed by atoms with Crippen LogP contribution in [0.25, 0.3) is 0 Å². The number of amides is 2. The van der Waals surface area contributed by atoms with Crippen LogP contribution in [0.2, 0.25) is 0 Å². The number of hydrogen-bond donors (Lipinski definition) is 1. The first kappa shape index (κ1) is 13.3. The van der Waals surface area contributed by atoms with E-state index in [4.69, 9.17) is 0 Å². The van der Waals surface area contributed by atoms with Gasteiger partial charge < -0.3 is 15.1 Å². The number of hydrogen-bond acceptors (Lipinski definition) is 2. The van der Waals surface area contributed by atoms with Gasteiger partial charge in [0.05, 0.1) is 0 Å². The minimum atomic E-state index is 0.0858. The van der Waals surface area contributed by atoms with E-state index in [0.29, 0.717) is 0 Å². The summed E-state index contributed by atoms with van der Waals surface area (Å²) in [5.74, 6) is 0. The molecule has 0 radical (unpaired) electrons. The minimum Gasteiger partial charge on any atom is -0.370 e. The number of nitrogens with one attached hydrogen (secondary N) is 1. The number of fused-ring (bicyclic) bond motifs is 1. The molecule has 3 rings (SSSR count). The average Bonchev–Trinajstić information content (AvgIpc) is 2.82. The van der Waals surface area contributed by atoms with Gasteiger partial charge in [0, 0.05) is 38.4 Å². The predicted octanol–water partition coefficient (Wildman–Crippen LogP) is 2.08. The predicted molar refractivity (Wildman–Crippen MR) is 81.4 cm³/mol. The second-order valence-electron chi connectivity index (χ2n) is 5.89. The first-order chi connectivity index (χ1) is 9.65. The summed E-state index contributed by atoms with van der Waals surface area (Å²) in [5, 5.41) is 2.86. The number of anilines is 1. The van der Waals surface area contributed by atoms with Crippen molar-refractivity contribution in [2.45, 2.75) is 26.7 Å². The van der Waals surface area contributed by atoms with Crippen molar-refractivity contribution in [1.82, 2.24) is 10.2 Å². The third-order valence-electron chi connectivity index (χ3n) is 4.37. The molecule has 1 N–H and O–H groups in total. The Hall–Kier alpha value is -1.71. The molecule has 1 aromatic carbocycles. The van der Waals surface area contributed by atoms with E-state index in [1.807, 2.05) is 4.90 Å². The van der Waals surface area contributed by atoms with Gasteiger partial charge in [0.1, 0.15) is 0 Å². The lowest BCUT2D eigenvalue weighted by Gasteiger charge is -2.33. The number of urea groups is 1. The van der Waals surface area contributed by atoms with Crippen molar-refractivity contribution in [3.8, 4) is 0 Å². The quantitative estimate of drug-likeness (QED) is 0.915. The maximum absolute atomic E-state index is 11.6. The second kappa shape index (κ2) is 5.35. The van der Waals surface area contributed by atoms with Gasteiger partial charge in [0.2, 0.25) is 0 Å². The van der Waals surface area contributed by atoms with Gasteiger partial charge in [0.15, 0.2) is 0 Å². The molecule has 2 amide bonds. The molecule has 4 heteroatoms. The maximum Gasteiger partial charge on any atom is 0.317 e. The van der Waals surface area contributed by atoms with E-state index < -0.39 is 0 Å². The molecule has 4 nitrogen and oxygen atoms in total. The van der Waals surface area contributed by atoms with Crippen molar-refractivity contribution < 1.29 is 4.79 Å². The number of rotatable bonds is 3. The van der Waals surface area contributed by atoms with E-state index in [9.17, 15) is 4.79 Å². The molecule has 2 aliphatic rings. The van der Waals surface area contributed by atoms with E-state index >= 15 is 0 Å². The zero-order valence-corrected chi connectivity index (χ0v) is 12.4. The summed E-state index contributed by atoms with van der Waals surface area (Å²) in [6.07, 6.45) is 2.39. The van der Waals surface area contributed by atoms with Crippen LogP contribution >= 0.6 is 0 Å². The molecule has 1 fully saturated rings. The van der Waals surface area contributed by atoms with Crippen molar-refractivity contribution in [1.29, 1.82) is 0 Å². The number of carbonyl (C=O) groups is 1. The van der Waals surface area contributed by atoms with Crippen molar-refractivity contribution in [3.05, 3.63) is 28.8 Å². The van der Waals surface area contributed by atoms with Crippen LogP contribution in [0.5, 0.6) is 0 Å². The number of aryl methyl sites for hydroxylation is 2. The van der Waals surface area contributed by atoms with E-state index in [1.165, 1.54) is 35.2 Å². The first-order valence-electron chi connectivity index (χ1n) is 7.53. The highest BCUT2D eigenvalue weighted by atomic mass is 16.2. The number of carbonyl (C=O) groups excluding carboxylic acids is 1. The monoisotopic (exact) mass is 273 g/mol. The molecule has 2 heterocycles. The molecule has 1 saturated heterocycles. The van der Waals surface area contributed by atoms with Crippen LogP contribution in [0.15, 0.2) is 12.1 Å². The van der Waals surface area contributed by atoms with Gasteiger partial charge >= 0.3 is 6.03 Å². The summed E-state index contributed by atoms with van der Waals surface area (Å²) in [4.78, 5) is 16.0. The van der Waals surface area contributed by atoms with Crippen LogP contribution in [0.1, 0.15) is 23.1 Å². The van der Waals surface area contributed by atoms with E-state index in [0.717, 1.165) is 32.7 Å². The van der Waals surface area contributed by atoms with Gasteiger partial charge in [0.25, 0.3) is 0 Å². The fourth-order valence-electron chi connectivity index (χ4n) is 3.35. The van der Waals surface area contributed by atoms with Gasteiger partial charge in [-0.1, -0.05) is 6.07 Å². The van der Waals surface area contributed by atoms with Crippen LogP contribution < -0.4 is 10.2 Å². The van der Waals surface area contributed by atoms with Gasteiger partial charge in [-0.05, 0) is 49.4 Å². The number of nitrogens with zero attached hydrogens (tertiary/aromatic N) is 2. The zero-order chi connectivity index (χ0) is 14.1. The molecule has 2 aliphatic heterocycles. The minimum absolute atomic E-state index is 0.0858. The Kier molecular flexibility index (Phi) is 3.55. The summed E-state index contributed by atoms with van der Waals surface area (Å²) in [6.45, 7) is 8.85. The normalized spacial score (nSPS) is 18.2. The van der Waals surface area contributed by atoms with E-state index in [-0.39, 0.29) is 6.03 Å². The Labute approximate surface area is 120 Å². The van der Waals surface area contributed by atoms with Gasteiger partial charge in [-0.15, -0.1) is 0 Å². The van der Waals surface area contributed by atoms with Crippen LogP contribution in [0.4, 0.5) is 10.5 Å². The summed E-state index contributed by atoms with van der Waals surface area (Å²) >= 11 is 0. The molecule has 0 aromatic heterocycles. The zero-order valence-electron chi connectivity index (χ0n) is 12.4. The lowest BCUT2D eigenvalue weighted by Crippen LogP contribution is -2.39. The smallest absolute Gasteiger partial charge is 0.317 e. The van der Waals surface area contributed by atoms with Gasteiger partial charge in [-0.3, -0.25) is 0 Å². The van der Waals surface area contributed by atoms with Crippen molar-refractivity contribution in [2.75, 3.05) is 37.6 Å². The SMILES string of the molecule is Cc1cc(C)c2c(c1)N(CCN1CCNC1=O)CCC2. The molecule has 108 valence electrons. The summed E-state index contributed by atoms with van der Waals surface area (Å²) < 4.78 is 0. The molecule has 0 saturated carbocycles. The van der Waals surface area contributed by atoms with Crippen molar-refractivity contribution in [3.63, 3.8) is 0 Å². The molecule has 0 unspecified atom stereocenters. The fraction of sp³-hybridized carbons (Fsp3) is 0.562. The van der Waals surface area contributed by atoms with Gasteiger partial charge in [-0.2, -0.15) is 0 Å². The largest absolute Gasteiger partial charge is 0.370 e. The molecule has 1 aromatic rings. The summed E-state index contributed by atoms with van der Waals surface area (Å²) in [7, 11) is 0. The Bertz CT molecular complexity index is 527. The maximum atomic E-state index is 11.6. The molecule has 0 bridgehead atoms. The second-order valence-corrected chi connectivity index (χ2v) is 5.89. The van der Waals surface area contributed by atoms with Crippen molar-refractivity contribution >= 4 is 11.7 Å². The standard InChI is InChI=1S/C16H23N3O/c1-12-10-13(2)14-4-3-6-18(15(14)11-12)8-9-19-7-5-17-16(19)20/h10-11H,3-9H2,1-2H3,(H,17,20). The van der Waals surface area contributed by atoms with Crippen LogP contribution in [0.3, 0.4) is 0 Å². The molecule has 0 aliphatic carbocycles. The van der Waals surface area contributed by atoms with Crippen LogP contribution in [-0.2, 0) is 6.42 Å². The first-order valence-corrected chi connectivity index (χ1v) is 7.53. The molecule has 20 heavy (non-hydrogen) atoms. The third kappa shape index (κ3) is 2.47.